The Bertz CT molecular complexity index is 578. The van der Waals surface area contributed by atoms with E-state index in [1.807, 2.05) is 18.2 Å². The number of carbonyl (C=O) groups is 1. The second-order valence-corrected chi connectivity index (χ2v) is 4.59. The Hall–Kier alpha value is -2.03. The van der Waals surface area contributed by atoms with E-state index in [-0.39, 0.29) is 5.91 Å². The van der Waals surface area contributed by atoms with Gasteiger partial charge in [0.1, 0.15) is 5.75 Å². The number of fused-ring (bicyclic) bond motifs is 1. The highest BCUT2D eigenvalue weighted by atomic mass is 16.5. The first-order valence-electron chi connectivity index (χ1n) is 6.51. The van der Waals surface area contributed by atoms with Gasteiger partial charge in [-0.05, 0) is 41.3 Å². The minimum absolute atomic E-state index is 0.0236. The molecule has 0 heterocycles. The van der Waals surface area contributed by atoms with Gasteiger partial charge >= 0.3 is 0 Å². The molecule has 0 atom stereocenters. The number of hydrogen-bond donors (Lipinski definition) is 1. The summed E-state index contributed by atoms with van der Waals surface area (Å²) in [5.41, 5.74) is 1.26. The molecule has 0 aliphatic heterocycles. The Morgan fingerprint density at radius 3 is 2.79 bits per heavy atom. The van der Waals surface area contributed by atoms with Gasteiger partial charge in [-0.2, -0.15) is 0 Å². The molecule has 0 unspecified atom stereocenters. The van der Waals surface area contributed by atoms with Gasteiger partial charge in [0, 0.05) is 13.5 Å². The predicted molar refractivity (Wildman–Crippen MR) is 77.5 cm³/mol. The van der Waals surface area contributed by atoms with E-state index in [1.54, 1.807) is 14.0 Å². The lowest BCUT2D eigenvalue weighted by molar-refractivity contribution is -0.118. The average Bonchev–Trinajstić information content (AvgIpc) is 2.42. The number of ether oxygens (including phenoxy) is 1. The van der Waals surface area contributed by atoms with Crippen molar-refractivity contribution < 1.29 is 9.53 Å². The normalized spacial score (nSPS) is 10.4. The zero-order chi connectivity index (χ0) is 13.7. The summed E-state index contributed by atoms with van der Waals surface area (Å²) >= 11 is 0. The number of amides is 1. The lowest BCUT2D eigenvalue weighted by atomic mass is 10.0. The second-order valence-electron chi connectivity index (χ2n) is 4.59. The topological polar surface area (TPSA) is 38.3 Å². The predicted octanol–water partition coefficient (Wildman–Crippen LogP) is 2.92. The number of aryl methyl sites for hydroxylation is 1. The third-order valence-corrected chi connectivity index (χ3v) is 3.15. The van der Waals surface area contributed by atoms with Crippen LogP contribution >= 0.6 is 0 Å². The lowest BCUT2D eigenvalue weighted by Crippen LogP contribution is -2.21. The van der Waals surface area contributed by atoms with Gasteiger partial charge in [-0.15, -0.1) is 0 Å². The second kappa shape index (κ2) is 6.23. The van der Waals surface area contributed by atoms with E-state index < -0.39 is 0 Å². The molecule has 2 aromatic rings. The fourth-order valence-corrected chi connectivity index (χ4v) is 2.23. The summed E-state index contributed by atoms with van der Waals surface area (Å²) in [4.78, 5) is 10.8. The fourth-order valence-electron chi connectivity index (χ4n) is 2.23. The highest BCUT2D eigenvalue weighted by Gasteiger charge is 2.04. The number of carbonyl (C=O) groups excluding carboxylic acids is 1. The van der Waals surface area contributed by atoms with Crippen LogP contribution in [-0.4, -0.2) is 19.6 Å². The Morgan fingerprint density at radius 2 is 2.05 bits per heavy atom. The molecule has 0 bridgehead atoms. The number of hydrogen-bond acceptors (Lipinski definition) is 2. The van der Waals surface area contributed by atoms with Gasteiger partial charge in [0.05, 0.1) is 7.11 Å². The number of rotatable bonds is 5. The van der Waals surface area contributed by atoms with Crippen LogP contribution in [0.5, 0.6) is 5.75 Å². The molecule has 3 nitrogen and oxygen atoms in total. The van der Waals surface area contributed by atoms with E-state index in [1.165, 1.54) is 16.3 Å². The van der Waals surface area contributed by atoms with E-state index in [0.29, 0.717) is 6.54 Å². The maximum atomic E-state index is 10.8. The van der Waals surface area contributed by atoms with Crippen molar-refractivity contribution in [2.24, 2.45) is 0 Å². The largest absolute Gasteiger partial charge is 0.497 e. The van der Waals surface area contributed by atoms with Crippen LogP contribution < -0.4 is 10.1 Å². The molecule has 1 amide bonds. The lowest BCUT2D eigenvalue weighted by Gasteiger charge is -2.10. The van der Waals surface area contributed by atoms with Crippen molar-refractivity contribution >= 4 is 16.7 Å². The summed E-state index contributed by atoms with van der Waals surface area (Å²) in [6.45, 7) is 2.25. The standard InChI is InChI=1S/C16H19NO2/c1-12(18)17-9-5-7-14-11-15(19-2)10-13-6-3-4-8-16(13)14/h3-4,6,8,10-11H,5,7,9H2,1-2H3,(H,17,18). The van der Waals surface area contributed by atoms with Crippen molar-refractivity contribution in [3.63, 3.8) is 0 Å². The van der Waals surface area contributed by atoms with Gasteiger partial charge in [-0.25, -0.2) is 0 Å². The Kier molecular flexibility index (Phi) is 4.39. The highest BCUT2D eigenvalue weighted by molar-refractivity contribution is 5.87. The zero-order valence-corrected chi connectivity index (χ0v) is 11.4. The molecule has 0 fully saturated rings. The SMILES string of the molecule is COc1cc(CCCNC(C)=O)c2ccccc2c1. The van der Waals surface area contributed by atoms with E-state index in [9.17, 15) is 4.79 Å². The van der Waals surface area contributed by atoms with Gasteiger partial charge in [0.15, 0.2) is 0 Å². The Labute approximate surface area is 113 Å². The van der Waals surface area contributed by atoms with Gasteiger partial charge in [0.25, 0.3) is 0 Å². The van der Waals surface area contributed by atoms with Crippen molar-refractivity contribution in [2.45, 2.75) is 19.8 Å². The molecule has 3 heteroatoms. The van der Waals surface area contributed by atoms with Crippen LogP contribution in [-0.2, 0) is 11.2 Å². The molecule has 0 aliphatic rings. The van der Waals surface area contributed by atoms with Crippen LogP contribution in [0.1, 0.15) is 18.9 Å². The first-order chi connectivity index (χ1) is 9.20. The van der Waals surface area contributed by atoms with Crippen molar-refractivity contribution in [1.82, 2.24) is 5.32 Å². The number of benzene rings is 2. The third-order valence-electron chi connectivity index (χ3n) is 3.15. The van der Waals surface area contributed by atoms with Crippen LogP contribution in [0, 0.1) is 0 Å². The summed E-state index contributed by atoms with van der Waals surface area (Å²) in [7, 11) is 1.69. The summed E-state index contributed by atoms with van der Waals surface area (Å²) in [5.74, 6) is 0.906. The zero-order valence-electron chi connectivity index (χ0n) is 11.4. The average molecular weight is 257 g/mol. The molecule has 0 spiro atoms. The molecule has 2 rings (SSSR count). The maximum Gasteiger partial charge on any atom is 0.216 e. The molecule has 0 aliphatic carbocycles. The first kappa shape index (κ1) is 13.4. The van der Waals surface area contributed by atoms with Crippen molar-refractivity contribution in [3.8, 4) is 5.75 Å². The number of nitrogens with one attached hydrogen (secondary N) is 1. The smallest absolute Gasteiger partial charge is 0.216 e. The molecule has 2 aromatic carbocycles. The summed E-state index contributed by atoms with van der Waals surface area (Å²) in [6.07, 6.45) is 1.86. The molecular weight excluding hydrogens is 238 g/mol. The van der Waals surface area contributed by atoms with Crippen LogP contribution in [0.3, 0.4) is 0 Å². The summed E-state index contributed by atoms with van der Waals surface area (Å²) in [5, 5.41) is 5.27. The van der Waals surface area contributed by atoms with E-state index in [4.69, 9.17) is 4.74 Å². The Balaban J connectivity index is 2.18. The summed E-state index contributed by atoms with van der Waals surface area (Å²) < 4.78 is 5.34. The molecule has 19 heavy (non-hydrogen) atoms. The van der Waals surface area contributed by atoms with Crippen LogP contribution in [0.15, 0.2) is 36.4 Å². The van der Waals surface area contributed by atoms with E-state index >= 15 is 0 Å². The molecule has 0 radical (unpaired) electrons. The molecule has 1 N–H and O–H groups in total. The molecule has 0 saturated carbocycles. The van der Waals surface area contributed by atoms with Crippen molar-refractivity contribution in [1.29, 1.82) is 0 Å². The van der Waals surface area contributed by atoms with Crippen LogP contribution in [0.2, 0.25) is 0 Å². The van der Waals surface area contributed by atoms with Gasteiger partial charge in [0.2, 0.25) is 5.91 Å². The highest BCUT2D eigenvalue weighted by Crippen LogP contribution is 2.26. The minimum atomic E-state index is 0.0236. The molecular formula is C16H19NO2. The molecule has 0 saturated heterocycles. The van der Waals surface area contributed by atoms with Crippen molar-refractivity contribution in [3.05, 3.63) is 42.0 Å². The molecule has 100 valence electrons. The Morgan fingerprint density at radius 1 is 1.26 bits per heavy atom. The monoisotopic (exact) mass is 257 g/mol. The molecule has 0 aromatic heterocycles. The minimum Gasteiger partial charge on any atom is -0.497 e. The fraction of sp³-hybridized carbons (Fsp3) is 0.312. The quantitative estimate of drug-likeness (QED) is 0.836. The van der Waals surface area contributed by atoms with E-state index in [0.717, 1.165) is 18.6 Å². The van der Waals surface area contributed by atoms with Crippen LogP contribution in [0.25, 0.3) is 10.8 Å². The van der Waals surface area contributed by atoms with E-state index in [2.05, 4.69) is 23.5 Å². The maximum absolute atomic E-state index is 10.8. The van der Waals surface area contributed by atoms with Gasteiger partial charge in [-0.3, -0.25) is 4.79 Å². The summed E-state index contributed by atoms with van der Waals surface area (Å²) in [6, 6.07) is 12.4. The number of methoxy groups -OCH3 is 1. The van der Waals surface area contributed by atoms with Crippen molar-refractivity contribution in [2.75, 3.05) is 13.7 Å². The van der Waals surface area contributed by atoms with Gasteiger partial charge in [-0.1, -0.05) is 24.3 Å². The van der Waals surface area contributed by atoms with Gasteiger partial charge < -0.3 is 10.1 Å². The first-order valence-corrected chi connectivity index (χ1v) is 6.51. The van der Waals surface area contributed by atoms with Crippen LogP contribution in [0.4, 0.5) is 0 Å². The third kappa shape index (κ3) is 3.47.